The third-order valence-electron chi connectivity index (χ3n) is 5.80. The average Bonchev–Trinajstić information content (AvgIpc) is 3.24. The van der Waals surface area contributed by atoms with E-state index >= 15 is 4.39 Å². The third-order valence-corrected chi connectivity index (χ3v) is 7.41. The Morgan fingerprint density at radius 1 is 1.33 bits per heavy atom. The van der Waals surface area contributed by atoms with Crippen molar-refractivity contribution in [3.05, 3.63) is 78.0 Å². The van der Waals surface area contributed by atoms with Gasteiger partial charge in [0.15, 0.2) is 0 Å². The highest BCUT2D eigenvalue weighted by Crippen LogP contribution is 2.49. The van der Waals surface area contributed by atoms with Crippen LogP contribution in [0.1, 0.15) is 19.4 Å². The molecule has 12 nitrogen and oxygen atoms in total. The molecular weight excluding hydrogens is 530 g/mol. The van der Waals surface area contributed by atoms with Gasteiger partial charge in [-0.1, -0.05) is 30.8 Å². The van der Waals surface area contributed by atoms with Gasteiger partial charge in [0.1, 0.15) is 11.9 Å². The molecule has 1 amide bonds. The second kappa shape index (κ2) is 12.8. The normalized spacial score (nSPS) is 16.8. The van der Waals surface area contributed by atoms with Gasteiger partial charge in [-0.3, -0.25) is 25.1 Å². The Balaban J connectivity index is 1.68. The lowest BCUT2D eigenvalue weighted by Gasteiger charge is -2.29. The number of allylic oxidation sites excluding steroid dienone is 1. The molecule has 1 saturated heterocycles. The van der Waals surface area contributed by atoms with Crippen molar-refractivity contribution < 1.29 is 32.7 Å². The van der Waals surface area contributed by atoms with Crippen molar-refractivity contribution >= 4 is 25.5 Å². The molecule has 0 radical (unpaired) electrons. The first kappa shape index (κ1) is 29.7. The van der Waals surface area contributed by atoms with Gasteiger partial charge < -0.3 is 25.7 Å². The molecule has 0 spiro atoms. The lowest BCUT2D eigenvalue weighted by atomic mass is 10.0. The van der Waals surface area contributed by atoms with E-state index in [1.807, 2.05) is 12.1 Å². The molecule has 0 aliphatic carbocycles. The number of cyclic esters (lactones) is 1. The SMILES string of the molecule is C=C(C)N(CC1CN(c2ccc(-c3ccc(CNC/C(=C/N)NN)cc3)c(F)c2)C(=O)O1)P(=O)(O)OC(C)=O. The van der Waals surface area contributed by atoms with E-state index in [1.165, 1.54) is 24.1 Å². The maximum absolute atomic E-state index is 15.1. The van der Waals surface area contributed by atoms with Crippen molar-refractivity contribution in [2.45, 2.75) is 26.5 Å². The summed E-state index contributed by atoms with van der Waals surface area (Å²) in [4.78, 5) is 35.1. The summed E-state index contributed by atoms with van der Waals surface area (Å²) < 4.78 is 38.3. The number of amides is 1. The van der Waals surface area contributed by atoms with Gasteiger partial charge in [-0.05, 0) is 36.2 Å². The van der Waals surface area contributed by atoms with Gasteiger partial charge in [-0.25, -0.2) is 13.8 Å². The van der Waals surface area contributed by atoms with Crippen LogP contribution in [0.25, 0.3) is 11.1 Å². The lowest BCUT2D eigenvalue weighted by molar-refractivity contribution is -0.132. The van der Waals surface area contributed by atoms with Crippen molar-refractivity contribution in [3.63, 3.8) is 0 Å². The number of carbonyl (C=O) groups is 2. The van der Waals surface area contributed by atoms with Crippen LogP contribution in [-0.4, -0.2) is 47.4 Å². The first-order valence-corrected chi connectivity index (χ1v) is 13.4. The molecule has 1 aliphatic rings. The van der Waals surface area contributed by atoms with Crippen LogP contribution < -0.4 is 27.2 Å². The number of halogens is 1. The Bertz CT molecular complexity index is 1300. The zero-order chi connectivity index (χ0) is 28.7. The van der Waals surface area contributed by atoms with Crippen LogP contribution in [0.3, 0.4) is 0 Å². The molecule has 2 unspecified atom stereocenters. The van der Waals surface area contributed by atoms with Crippen molar-refractivity contribution in [1.29, 1.82) is 0 Å². The Kier molecular flexibility index (Phi) is 9.71. The summed E-state index contributed by atoms with van der Waals surface area (Å²) in [6.45, 7) is 6.81. The van der Waals surface area contributed by atoms with E-state index in [0.717, 1.165) is 17.2 Å². The number of nitrogens with zero attached hydrogens (tertiary/aromatic N) is 2. The number of nitrogens with one attached hydrogen (secondary N) is 2. The van der Waals surface area contributed by atoms with Gasteiger partial charge in [-0.15, -0.1) is 0 Å². The largest absolute Gasteiger partial charge is 0.488 e. The number of hydrogen-bond donors (Lipinski definition) is 5. The molecule has 1 fully saturated rings. The van der Waals surface area contributed by atoms with E-state index in [4.69, 9.17) is 16.3 Å². The van der Waals surface area contributed by atoms with Crippen molar-refractivity contribution in [3.8, 4) is 11.1 Å². The fourth-order valence-electron chi connectivity index (χ4n) is 3.92. The molecule has 210 valence electrons. The van der Waals surface area contributed by atoms with Crippen LogP contribution in [0.4, 0.5) is 14.9 Å². The predicted molar refractivity (Wildman–Crippen MR) is 144 cm³/mol. The van der Waals surface area contributed by atoms with Gasteiger partial charge in [0.25, 0.3) is 0 Å². The highest BCUT2D eigenvalue weighted by Gasteiger charge is 2.39. The van der Waals surface area contributed by atoms with Crippen LogP contribution in [0, 0.1) is 5.82 Å². The molecular formula is C25H32FN6O6P. The lowest BCUT2D eigenvalue weighted by Crippen LogP contribution is -2.32. The smallest absolute Gasteiger partial charge is 0.442 e. The second-order valence-electron chi connectivity index (χ2n) is 8.81. The van der Waals surface area contributed by atoms with E-state index in [1.54, 1.807) is 24.3 Å². The minimum atomic E-state index is -4.55. The number of nitrogens with two attached hydrogens (primary N) is 2. The Labute approximate surface area is 225 Å². The first-order valence-electron chi connectivity index (χ1n) is 11.9. The summed E-state index contributed by atoms with van der Waals surface area (Å²) in [6.07, 6.45) is -0.241. The Hall–Kier alpha value is -3.90. The van der Waals surface area contributed by atoms with Crippen LogP contribution in [0.15, 0.2) is 66.6 Å². The maximum Gasteiger partial charge on any atom is 0.488 e. The van der Waals surface area contributed by atoms with E-state index in [2.05, 4.69) is 21.8 Å². The molecule has 7 N–H and O–H groups in total. The fraction of sp³-hybridized carbons (Fsp3) is 0.280. The van der Waals surface area contributed by atoms with Crippen molar-refractivity contribution in [1.82, 2.24) is 15.4 Å². The van der Waals surface area contributed by atoms with Crippen LogP contribution >= 0.6 is 7.75 Å². The molecule has 3 rings (SSSR count). The van der Waals surface area contributed by atoms with Gasteiger partial charge in [0.2, 0.25) is 0 Å². The van der Waals surface area contributed by atoms with E-state index in [-0.39, 0.29) is 24.5 Å². The quantitative estimate of drug-likeness (QED) is 0.146. The third kappa shape index (κ3) is 7.58. The molecule has 0 saturated carbocycles. The van der Waals surface area contributed by atoms with E-state index < -0.39 is 31.7 Å². The molecule has 1 aliphatic heterocycles. The number of hydrogen-bond acceptors (Lipinski definition) is 9. The zero-order valence-electron chi connectivity index (χ0n) is 21.6. The molecule has 2 aromatic rings. The first-order chi connectivity index (χ1) is 18.4. The van der Waals surface area contributed by atoms with Crippen LogP contribution in [-0.2, 0) is 25.2 Å². The van der Waals surface area contributed by atoms with Gasteiger partial charge in [0.05, 0.1) is 24.5 Å². The van der Waals surface area contributed by atoms with Crippen molar-refractivity contribution in [2.75, 3.05) is 24.5 Å². The average molecular weight is 563 g/mol. The van der Waals surface area contributed by atoms with Gasteiger partial charge in [-0.2, -0.15) is 0 Å². The second-order valence-corrected chi connectivity index (χ2v) is 10.5. The van der Waals surface area contributed by atoms with Crippen LogP contribution in [0.5, 0.6) is 0 Å². The minimum Gasteiger partial charge on any atom is -0.442 e. The number of anilines is 1. The Morgan fingerprint density at radius 3 is 2.59 bits per heavy atom. The maximum atomic E-state index is 15.1. The van der Waals surface area contributed by atoms with E-state index in [0.29, 0.717) is 29.9 Å². The topological polar surface area (TPSA) is 172 Å². The standard InChI is InChI=1S/C25H32FN6O6P/c1-16(2)32(39(35,36)38-17(3)33)15-22-14-31(25(34)37-22)21-8-9-23(24(26)10-21)19-6-4-18(5-7-19)12-29-13-20(11-27)30-28/h4-11,22,29-30H,1,12-15,27-28H2,2-3H3,(H,35,36)/b20-11-. The van der Waals surface area contributed by atoms with E-state index in [9.17, 15) is 19.0 Å². The summed E-state index contributed by atoms with van der Waals surface area (Å²) >= 11 is 0. The summed E-state index contributed by atoms with van der Waals surface area (Å²) in [6, 6.07) is 11.7. The van der Waals surface area contributed by atoms with Crippen LogP contribution in [0.2, 0.25) is 0 Å². The molecule has 1 heterocycles. The summed E-state index contributed by atoms with van der Waals surface area (Å²) in [5.41, 5.74) is 10.9. The zero-order valence-corrected chi connectivity index (χ0v) is 22.5. The molecule has 0 aromatic heterocycles. The fourth-order valence-corrected chi connectivity index (χ4v) is 5.17. The van der Waals surface area contributed by atoms with Gasteiger partial charge in [0, 0.05) is 37.5 Å². The number of hydrazine groups is 1. The molecule has 2 aromatic carbocycles. The number of benzene rings is 2. The summed E-state index contributed by atoms with van der Waals surface area (Å²) in [7, 11) is -4.55. The Morgan fingerprint density at radius 2 is 2.03 bits per heavy atom. The number of ether oxygens (including phenoxy) is 1. The number of carbonyl (C=O) groups excluding carboxylic acids is 2. The minimum absolute atomic E-state index is 0.0239. The highest BCUT2D eigenvalue weighted by atomic mass is 31.2. The highest BCUT2D eigenvalue weighted by molar-refractivity contribution is 7.50. The summed E-state index contributed by atoms with van der Waals surface area (Å²) in [5.74, 6) is 3.86. The predicted octanol–water partition coefficient (Wildman–Crippen LogP) is 2.67. The monoisotopic (exact) mass is 562 g/mol. The molecule has 0 bridgehead atoms. The molecule has 2 atom stereocenters. The number of rotatable bonds is 12. The van der Waals surface area contributed by atoms with Crippen molar-refractivity contribution in [2.24, 2.45) is 11.6 Å². The summed E-state index contributed by atoms with van der Waals surface area (Å²) in [5, 5.41) is 3.18. The molecule has 14 heteroatoms. The molecule has 39 heavy (non-hydrogen) atoms. The van der Waals surface area contributed by atoms with Gasteiger partial charge >= 0.3 is 19.8 Å².